The van der Waals surface area contributed by atoms with E-state index in [0.717, 1.165) is 18.0 Å². The number of aromatic nitrogens is 3. The topological polar surface area (TPSA) is 50.9 Å². The van der Waals surface area contributed by atoms with Gasteiger partial charge in [0.15, 0.2) is 11.0 Å². The lowest BCUT2D eigenvalue weighted by molar-refractivity contribution is 0.263. The van der Waals surface area contributed by atoms with Crippen molar-refractivity contribution in [2.75, 3.05) is 0 Å². The number of thioether (sulfide) groups is 1. The monoisotopic (exact) mass is 279 g/mol. The van der Waals surface area contributed by atoms with Crippen LogP contribution >= 0.6 is 11.8 Å². The molecule has 3 rings (SSSR count). The van der Waals surface area contributed by atoms with Crippen LogP contribution in [0.1, 0.15) is 30.3 Å². The van der Waals surface area contributed by atoms with Crippen LogP contribution in [0, 0.1) is 5.82 Å². The summed E-state index contributed by atoms with van der Waals surface area (Å²) >= 11 is 1.46. The highest BCUT2D eigenvalue weighted by Crippen LogP contribution is 2.39. The summed E-state index contributed by atoms with van der Waals surface area (Å²) in [4.78, 5) is 0. The van der Waals surface area contributed by atoms with Crippen molar-refractivity contribution in [1.29, 1.82) is 0 Å². The van der Waals surface area contributed by atoms with E-state index in [-0.39, 0.29) is 12.4 Å². The van der Waals surface area contributed by atoms with Crippen LogP contribution in [0.25, 0.3) is 0 Å². The first-order valence-electron chi connectivity index (χ1n) is 6.20. The fraction of sp³-hybridized carbons (Fsp3) is 0.385. The first kappa shape index (κ1) is 12.6. The predicted molar refractivity (Wildman–Crippen MR) is 70.2 cm³/mol. The van der Waals surface area contributed by atoms with Crippen molar-refractivity contribution in [2.24, 2.45) is 0 Å². The van der Waals surface area contributed by atoms with Crippen molar-refractivity contribution in [3.05, 3.63) is 41.5 Å². The molecule has 19 heavy (non-hydrogen) atoms. The van der Waals surface area contributed by atoms with E-state index in [9.17, 15) is 9.50 Å². The van der Waals surface area contributed by atoms with Crippen molar-refractivity contribution in [3.8, 4) is 0 Å². The van der Waals surface area contributed by atoms with E-state index in [1.54, 1.807) is 12.1 Å². The minimum absolute atomic E-state index is 0.107. The first-order chi connectivity index (χ1) is 9.29. The Labute approximate surface area is 114 Å². The zero-order valence-electron chi connectivity index (χ0n) is 10.3. The highest BCUT2D eigenvalue weighted by Gasteiger charge is 2.29. The Hall–Kier alpha value is -1.40. The largest absolute Gasteiger partial charge is 0.388 e. The number of hydrogen-bond donors (Lipinski definition) is 1. The summed E-state index contributed by atoms with van der Waals surface area (Å²) in [6.07, 6.45) is 2.19. The molecule has 0 amide bonds. The molecule has 2 aromatic rings. The molecule has 1 saturated carbocycles. The average Bonchev–Trinajstić information content (AvgIpc) is 3.18. The normalized spacial score (nSPS) is 14.8. The second kappa shape index (κ2) is 5.30. The molecule has 0 spiro atoms. The van der Waals surface area contributed by atoms with Crippen LogP contribution in [0.4, 0.5) is 4.39 Å². The third kappa shape index (κ3) is 2.64. The molecular weight excluding hydrogens is 265 g/mol. The SMILES string of the molecule is OCc1nnc(SCc2ccccc2F)n1C1CC1. The molecule has 1 fully saturated rings. The van der Waals surface area contributed by atoms with E-state index in [0.29, 0.717) is 23.2 Å². The molecule has 1 aromatic carbocycles. The van der Waals surface area contributed by atoms with E-state index >= 15 is 0 Å². The van der Waals surface area contributed by atoms with E-state index in [4.69, 9.17) is 0 Å². The molecule has 0 bridgehead atoms. The van der Waals surface area contributed by atoms with Gasteiger partial charge in [0.2, 0.25) is 0 Å². The van der Waals surface area contributed by atoms with Crippen LogP contribution < -0.4 is 0 Å². The van der Waals surface area contributed by atoms with E-state index in [1.807, 2.05) is 10.6 Å². The third-order valence-corrected chi connectivity index (χ3v) is 4.10. The number of halogens is 1. The van der Waals surface area contributed by atoms with Crippen molar-refractivity contribution in [2.45, 2.75) is 36.4 Å². The summed E-state index contributed by atoms with van der Waals surface area (Å²) in [6, 6.07) is 7.14. The van der Waals surface area contributed by atoms with Gasteiger partial charge in [0.1, 0.15) is 12.4 Å². The highest BCUT2D eigenvalue weighted by atomic mass is 32.2. The Morgan fingerprint density at radius 2 is 2.11 bits per heavy atom. The standard InChI is InChI=1S/C13H14FN3OS/c14-11-4-2-1-3-9(11)8-19-13-16-15-12(7-18)17(13)10-5-6-10/h1-4,10,18H,5-8H2. The molecule has 4 nitrogen and oxygen atoms in total. The summed E-state index contributed by atoms with van der Waals surface area (Å²) in [7, 11) is 0. The number of nitrogens with zero attached hydrogens (tertiary/aromatic N) is 3. The maximum absolute atomic E-state index is 13.5. The summed E-state index contributed by atoms with van der Waals surface area (Å²) in [5.74, 6) is 0.913. The second-order valence-corrected chi connectivity index (χ2v) is 5.48. The van der Waals surface area contributed by atoms with Crippen LogP contribution in [-0.2, 0) is 12.4 Å². The molecule has 1 aromatic heterocycles. The highest BCUT2D eigenvalue weighted by molar-refractivity contribution is 7.98. The van der Waals surface area contributed by atoms with Gasteiger partial charge in [0, 0.05) is 11.8 Å². The fourth-order valence-electron chi connectivity index (χ4n) is 1.97. The van der Waals surface area contributed by atoms with Gasteiger partial charge < -0.3 is 9.67 Å². The molecule has 1 heterocycles. The summed E-state index contributed by atoms with van der Waals surface area (Å²) < 4.78 is 15.5. The van der Waals surface area contributed by atoms with Gasteiger partial charge in [-0.2, -0.15) is 0 Å². The van der Waals surface area contributed by atoms with Crippen LogP contribution in [0.2, 0.25) is 0 Å². The van der Waals surface area contributed by atoms with Crippen LogP contribution in [0.5, 0.6) is 0 Å². The minimum Gasteiger partial charge on any atom is -0.388 e. The van der Waals surface area contributed by atoms with Crippen molar-refractivity contribution >= 4 is 11.8 Å². The lowest BCUT2D eigenvalue weighted by atomic mass is 10.2. The molecule has 0 radical (unpaired) electrons. The van der Waals surface area contributed by atoms with Crippen LogP contribution in [0.3, 0.4) is 0 Å². The average molecular weight is 279 g/mol. The second-order valence-electron chi connectivity index (χ2n) is 4.54. The smallest absolute Gasteiger partial charge is 0.191 e. The molecule has 1 aliphatic rings. The Morgan fingerprint density at radius 1 is 1.32 bits per heavy atom. The lowest BCUT2D eigenvalue weighted by Crippen LogP contribution is -2.03. The first-order valence-corrected chi connectivity index (χ1v) is 7.19. The maximum atomic E-state index is 13.5. The summed E-state index contributed by atoms with van der Waals surface area (Å²) in [5, 5.41) is 18.1. The molecular formula is C13H14FN3OS. The van der Waals surface area contributed by atoms with Crippen LogP contribution in [-0.4, -0.2) is 19.9 Å². The van der Waals surface area contributed by atoms with Gasteiger partial charge in [-0.1, -0.05) is 30.0 Å². The van der Waals surface area contributed by atoms with Gasteiger partial charge >= 0.3 is 0 Å². The van der Waals surface area contributed by atoms with E-state index < -0.39 is 0 Å². The number of aliphatic hydroxyl groups is 1. The predicted octanol–water partition coefficient (Wildman–Crippen LogP) is 2.54. The third-order valence-electron chi connectivity index (χ3n) is 3.10. The molecule has 0 atom stereocenters. The van der Waals surface area contributed by atoms with Crippen molar-refractivity contribution in [1.82, 2.24) is 14.8 Å². The van der Waals surface area contributed by atoms with E-state index in [1.165, 1.54) is 17.8 Å². The summed E-state index contributed by atoms with van der Waals surface area (Å²) in [6.45, 7) is -0.107. The van der Waals surface area contributed by atoms with Gasteiger partial charge in [-0.3, -0.25) is 0 Å². The van der Waals surface area contributed by atoms with Gasteiger partial charge in [0.05, 0.1) is 0 Å². The molecule has 100 valence electrons. The minimum atomic E-state index is -0.199. The molecule has 0 aliphatic heterocycles. The molecule has 0 unspecified atom stereocenters. The van der Waals surface area contributed by atoms with Gasteiger partial charge in [-0.25, -0.2) is 4.39 Å². The molecule has 1 aliphatic carbocycles. The maximum Gasteiger partial charge on any atom is 0.191 e. The van der Waals surface area contributed by atoms with Gasteiger partial charge in [-0.05, 0) is 24.5 Å². The Morgan fingerprint density at radius 3 is 2.79 bits per heavy atom. The fourth-order valence-corrected chi connectivity index (χ4v) is 2.98. The Bertz CT molecular complexity index is 583. The lowest BCUT2D eigenvalue weighted by Gasteiger charge is -2.07. The Balaban J connectivity index is 1.77. The number of hydrogen-bond acceptors (Lipinski definition) is 4. The number of benzene rings is 1. The van der Waals surface area contributed by atoms with Crippen molar-refractivity contribution in [3.63, 3.8) is 0 Å². The quantitative estimate of drug-likeness (QED) is 0.855. The van der Waals surface area contributed by atoms with Crippen molar-refractivity contribution < 1.29 is 9.50 Å². The zero-order valence-corrected chi connectivity index (χ0v) is 11.1. The molecule has 0 saturated heterocycles. The van der Waals surface area contributed by atoms with Gasteiger partial charge in [0.25, 0.3) is 0 Å². The molecule has 1 N–H and O–H groups in total. The molecule has 6 heteroatoms. The zero-order chi connectivity index (χ0) is 13.2. The number of aliphatic hydroxyl groups excluding tert-OH is 1. The van der Waals surface area contributed by atoms with E-state index in [2.05, 4.69) is 10.2 Å². The van der Waals surface area contributed by atoms with Crippen LogP contribution in [0.15, 0.2) is 29.4 Å². The number of rotatable bonds is 5. The van der Waals surface area contributed by atoms with Gasteiger partial charge in [-0.15, -0.1) is 10.2 Å². The Kier molecular flexibility index (Phi) is 3.52. The summed E-state index contributed by atoms with van der Waals surface area (Å²) in [5.41, 5.74) is 0.656.